The molecule has 1 unspecified atom stereocenters. The normalized spacial score (nSPS) is 12.1. The predicted molar refractivity (Wildman–Crippen MR) is 83.3 cm³/mol. The van der Waals surface area contributed by atoms with Gasteiger partial charge in [-0.3, -0.25) is 4.21 Å². The Kier molecular flexibility index (Phi) is 4.79. The van der Waals surface area contributed by atoms with E-state index in [0.29, 0.717) is 28.7 Å². The van der Waals surface area contributed by atoms with Crippen LogP contribution in [0.1, 0.15) is 18.1 Å². The maximum atomic E-state index is 12.5. The Bertz CT molecular complexity index is 626. The minimum atomic E-state index is -1.18. The summed E-state index contributed by atoms with van der Waals surface area (Å²) < 4.78 is 18.0. The van der Waals surface area contributed by atoms with Crippen molar-refractivity contribution in [1.29, 1.82) is 0 Å². The molecule has 0 amide bonds. The van der Waals surface area contributed by atoms with E-state index in [4.69, 9.17) is 10.5 Å². The highest BCUT2D eigenvalue weighted by Crippen LogP contribution is 2.25. The molecule has 2 aromatic rings. The summed E-state index contributed by atoms with van der Waals surface area (Å²) >= 11 is 0. The zero-order valence-electron chi connectivity index (χ0n) is 11.8. The van der Waals surface area contributed by atoms with Crippen LogP contribution in [0.3, 0.4) is 0 Å². The first-order valence-corrected chi connectivity index (χ1v) is 7.89. The van der Waals surface area contributed by atoms with E-state index in [1.807, 2.05) is 38.1 Å². The number of nitrogen functional groups attached to an aromatic ring is 1. The van der Waals surface area contributed by atoms with Gasteiger partial charge >= 0.3 is 0 Å². The van der Waals surface area contributed by atoms with E-state index in [9.17, 15) is 4.21 Å². The Hall–Kier alpha value is -1.81. The van der Waals surface area contributed by atoms with Crippen LogP contribution in [0.2, 0.25) is 0 Å². The van der Waals surface area contributed by atoms with Crippen molar-refractivity contribution in [2.75, 3.05) is 12.3 Å². The van der Waals surface area contributed by atoms with Gasteiger partial charge in [-0.25, -0.2) is 0 Å². The van der Waals surface area contributed by atoms with Gasteiger partial charge in [0, 0.05) is 5.69 Å². The zero-order chi connectivity index (χ0) is 14.5. The van der Waals surface area contributed by atoms with E-state index in [-0.39, 0.29) is 0 Å². The first-order valence-electron chi connectivity index (χ1n) is 6.57. The molecule has 0 fully saturated rings. The van der Waals surface area contributed by atoms with Crippen LogP contribution in [0.15, 0.2) is 47.4 Å². The zero-order valence-corrected chi connectivity index (χ0v) is 12.6. The third-order valence-corrected chi connectivity index (χ3v) is 4.51. The molecule has 0 aliphatic carbocycles. The second-order valence-electron chi connectivity index (χ2n) is 4.55. The van der Waals surface area contributed by atoms with Gasteiger partial charge < -0.3 is 10.5 Å². The summed E-state index contributed by atoms with van der Waals surface area (Å²) in [6.07, 6.45) is 0. The molecular formula is C16H19NO2S. The standard InChI is InChI=1S/C16H19NO2S/c1-3-19-14-8-9-15(17)16(10-14)20(18)11-13-7-5-4-6-12(13)2/h4-10H,3,11,17H2,1-2H3. The molecule has 0 bridgehead atoms. The van der Waals surface area contributed by atoms with E-state index < -0.39 is 10.8 Å². The van der Waals surface area contributed by atoms with Crippen LogP contribution < -0.4 is 10.5 Å². The molecule has 2 N–H and O–H groups in total. The van der Waals surface area contributed by atoms with Gasteiger partial charge in [-0.2, -0.15) is 0 Å². The second-order valence-corrected chi connectivity index (χ2v) is 5.97. The van der Waals surface area contributed by atoms with Crippen molar-refractivity contribution >= 4 is 16.5 Å². The van der Waals surface area contributed by atoms with Crippen LogP contribution in [0.25, 0.3) is 0 Å². The van der Waals surface area contributed by atoms with Crippen molar-refractivity contribution in [3.05, 3.63) is 53.6 Å². The van der Waals surface area contributed by atoms with Crippen LogP contribution in [-0.4, -0.2) is 10.8 Å². The van der Waals surface area contributed by atoms with Gasteiger partial charge in [0.15, 0.2) is 0 Å². The number of hydrogen-bond donors (Lipinski definition) is 1. The summed E-state index contributed by atoms with van der Waals surface area (Å²) in [5.41, 5.74) is 8.69. The molecule has 0 aromatic heterocycles. The molecule has 0 heterocycles. The highest BCUT2D eigenvalue weighted by Gasteiger charge is 2.11. The fraction of sp³-hybridized carbons (Fsp3) is 0.250. The minimum Gasteiger partial charge on any atom is -0.494 e. The lowest BCUT2D eigenvalue weighted by atomic mass is 10.1. The molecule has 20 heavy (non-hydrogen) atoms. The molecular weight excluding hydrogens is 270 g/mol. The topological polar surface area (TPSA) is 52.3 Å². The molecule has 106 valence electrons. The number of rotatable bonds is 5. The first-order chi connectivity index (χ1) is 9.61. The molecule has 3 nitrogen and oxygen atoms in total. The molecule has 0 spiro atoms. The molecule has 1 atom stereocenters. The summed E-state index contributed by atoms with van der Waals surface area (Å²) in [4.78, 5) is 0.638. The van der Waals surface area contributed by atoms with Gasteiger partial charge in [0.1, 0.15) is 5.75 Å². The molecule has 0 aliphatic heterocycles. The summed E-state index contributed by atoms with van der Waals surface area (Å²) in [6.45, 7) is 4.51. The van der Waals surface area contributed by atoms with Gasteiger partial charge in [-0.1, -0.05) is 24.3 Å². The molecule has 0 radical (unpaired) electrons. The van der Waals surface area contributed by atoms with Crippen molar-refractivity contribution in [1.82, 2.24) is 0 Å². The number of hydrogen-bond acceptors (Lipinski definition) is 3. The van der Waals surface area contributed by atoms with Gasteiger partial charge in [0.25, 0.3) is 0 Å². The van der Waals surface area contributed by atoms with Crippen molar-refractivity contribution < 1.29 is 8.95 Å². The van der Waals surface area contributed by atoms with E-state index >= 15 is 0 Å². The number of aryl methyl sites for hydroxylation is 1. The largest absolute Gasteiger partial charge is 0.494 e. The average Bonchev–Trinajstić information content (AvgIpc) is 2.43. The average molecular weight is 289 g/mol. The SMILES string of the molecule is CCOc1ccc(N)c(S(=O)Cc2ccccc2C)c1. The van der Waals surface area contributed by atoms with E-state index in [2.05, 4.69) is 0 Å². The lowest BCUT2D eigenvalue weighted by Gasteiger charge is -2.10. The smallest absolute Gasteiger partial charge is 0.120 e. The predicted octanol–water partition coefficient (Wildman–Crippen LogP) is 3.28. The molecule has 0 aliphatic rings. The summed E-state index contributed by atoms with van der Waals surface area (Å²) in [6, 6.07) is 13.3. The number of anilines is 1. The number of ether oxygens (including phenoxy) is 1. The van der Waals surface area contributed by atoms with Gasteiger partial charge in [0.2, 0.25) is 0 Å². The fourth-order valence-corrected chi connectivity index (χ4v) is 3.30. The summed E-state index contributed by atoms with van der Waals surface area (Å²) in [5.74, 6) is 1.17. The molecule has 2 rings (SSSR count). The van der Waals surface area contributed by atoms with E-state index in [1.165, 1.54) is 0 Å². The van der Waals surface area contributed by atoms with Crippen molar-refractivity contribution in [3.8, 4) is 5.75 Å². The van der Waals surface area contributed by atoms with Crippen molar-refractivity contribution in [2.24, 2.45) is 0 Å². The summed E-state index contributed by atoms with van der Waals surface area (Å²) in [7, 11) is -1.18. The quantitative estimate of drug-likeness (QED) is 0.859. The van der Waals surface area contributed by atoms with Crippen molar-refractivity contribution in [2.45, 2.75) is 24.5 Å². The Labute approximate surface area is 122 Å². The highest BCUT2D eigenvalue weighted by molar-refractivity contribution is 7.84. The first kappa shape index (κ1) is 14.6. The monoisotopic (exact) mass is 289 g/mol. The molecule has 4 heteroatoms. The maximum Gasteiger partial charge on any atom is 0.120 e. The fourth-order valence-electron chi connectivity index (χ4n) is 1.96. The minimum absolute atomic E-state index is 0.465. The van der Waals surface area contributed by atoms with Crippen LogP contribution in [-0.2, 0) is 16.6 Å². The third-order valence-electron chi connectivity index (χ3n) is 3.09. The van der Waals surface area contributed by atoms with Crippen LogP contribution >= 0.6 is 0 Å². The van der Waals surface area contributed by atoms with Crippen LogP contribution in [0, 0.1) is 6.92 Å². The van der Waals surface area contributed by atoms with E-state index in [0.717, 1.165) is 11.1 Å². The Morgan fingerprint density at radius 3 is 2.65 bits per heavy atom. The number of benzene rings is 2. The summed E-state index contributed by atoms with van der Waals surface area (Å²) in [5, 5.41) is 0. The Morgan fingerprint density at radius 1 is 1.20 bits per heavy atom. The maximum absolute atomic E-state index is 12.5. The lowest BCUT2D eigenvalue weighted by molar-refractivity contribution is 0.339. The van der Waals surface area contributed by atoms with Crippen molar-refractivity contribution in [3.63, 3.8) is 0 Å². The van der Waals surface area contributed by atoms with Gasteiger partial charge in [-0.05, 0) is 43.2 Å². The Morgan fingerprint density at radius 2 is 1.95 bits per heavy atom. The Balaban J connectivity index is 2.25. The van der Waals surface area contributed by atoms with Gasteiger partial charge in [0.05, 0.1) is 28.1 Å². The molecule has 0 saturated heterocycles. The molecule has 2 aromatic carbocycles. The number of nitrogens with two attached hydrogens (primary N) is 1. The van der Waals surface area contributed by atoms with Crippen LogP contribution in [0.5, 0.6) is 5.75 Å². The van der Waals surface area contributed by atoms with Gasteiger partial charge in [-0.15, -0.1) is 0 Å². The second kappa shape index (κ2) is 6.57. The van der Waals surface area contributed by atoms with Crippen LogP contribution in [0.4, 0.5) is 5.69 Å². The van der Waals surface area contributed by atoms with E-state index in [1.54, 1.807) is 18.2 Å². The lowest BCUT2D eigenvalue weighted by Crippen LogP contribution is -2.03. The third kappa shape index (κ3) is 3.39. The molecule has 0 saturated carbocycles. The highest BCUT2D eigenvalue weighted by atomic mass is 32.2.